The summed E-state index contributed by atoms with van der Waals surface area (Å²) < 4.78 is 0.768. The molecule has 8 heteroatoms. The molecule has 2 aromatic carbocycles. The molecule has 2 aromatic rings. The van der Waals surface area contributed by atoms with Crippen molar-refractivity contribution in [2.24, 2.45) is 5.92 Å². The predicted molar refractivity (Wildman–Crippen MR) is 101 cm³/mol. The van der Waals surface area contributed by atoms with Gasteiger partial charge >= 0.3 is 0 Å². The second-order valence-corrected chi connectivity index (χ2v) is 6.93. The lowest BCUT2D eigenvalue weighted by atomic mass is 10.1. The number of nitrogens with zero attached hydrogens (tertiary/aromatic N) is 2. The van der Waals surface area contributed by atoms with Crippen LogP contribution in [0.4, 0.5) is 17.1 Å². The molecule has 0 spiro atoms. The Hall–Kier alpha value is -2.74. The molecule has 1 aliphatic rings. The minimum atomic E-state index is -0.575. The monoisotopic (exact) mass is 417 g/mol. The van der Waals surface area contributed by atoms with Gasteiger partial charge in [0.05, 0.1) is 16.5 Å². The predicted octanol–water partition coefficient (Wildman–Crippen LogP) is 3.66. The summed E-state index contributed by atoms with van der Waals surface area (Å²) in [4.78, 5) is 37.2. The Morgan fingerprint density at radius 1 is 1.27 bits per heavy atom. The van der Waals surface area contributed by atoms with Crippen LogP contribution in [0.2, 0.25) is 0 Å². The second-order valence-electron chi connectivity index (χ2n) is 6.07. The van der Waals surface area contributed by atoms with Gasteiger partial charge < -0.3 is 10.2 Å². The van der Waals surface area contributed by atoms with E-state index in [0.717, 1.165) is 4.47 Å². The van der Waals surface area contributed by atoms with E-state index in [1.807, 2.05) is 18.2 Å². The van der Waals surface area contributed by atoms with Crippen LogP contribution in [0.25, 0.3) is 0 Å². The maximum Gasteiger partial charge on any atom is 0.293 e. The topological polar surface area (TPSA) is 92.5 Å². The van der Waals surface area contributed by atoms with E-state index in [2.05, 4.69) is 21.2 Å². The molecule has 0 bridgehead atoms. The largest absolute Gasteiger partial charge is 0.320 e. The van der Waals surface area contributed by atoms with Gasteiger partial charge in [0.2, 0.25) is 11.8 Å². The summed E-state index contributed by atoms with van der Waals surface area (Å²) >= 11 is 3.41. The molecule has 1 N–H and O–H groups in total. The molecule has 1 unspecified atom stereocenters. The summed E-state index contributed by atoms with van der Waals surface area (Å²) in [7, 11) is 0. The first kappa shape index (κ1) is 18.1. The van der Waals surface area contributed by atoms with Crippen LogP contribution >= 0.6 is 15.9 Å². The molecule has 0 radical (unpaired) electrons. The Morgan fingerprint density at radius 2 is 2.00 bits per heavy atom. The molecule has 0 aliphatic carbocycles. The first-order valence-corrected chi connectivity index (χ1v) is 8.77. The molecule has 2 amide bonds. The molecular weight excluding hydrogens is 402 g/mol. The summed E-state index contributed by atoms with van der Waals surface area (Å²) in [5.41, 5.74) is 1.31. The van der Waals surface area contributed by atoms with Gasteiger partial charge in [0.15, 0.2) is 0 Å². The van der Waals surface area contributed by atoms with Crippen molar-refractivity contribution < 1.29 is 14.5 Å². The molecule has 1 heterocycles. The Balaban J connectivity index is 1.80. The van der Waals surface area contributed by atoms with Crippen LogP contribution in [0.1, 0.15) is 12.0 Å². The molecule has 134 valence electrons. The Bertz CT molecular complexity index is 900. The molecule has 7 nitrogen and oxygen atoms in total. The van der Waals surface area contributed by atoms with Crippen molar-refractivity contribution in [2.45, 2.75) is 13.3 Å². The zero-order chi connectivity index (χ0) is 18.8. The zero-order valence-electron chi connectivity index (χ0n) is 13.9. The van der Waals surface area contributed by atoms with Crippen LogP contribution in [-0.4, -0.2) is 23.3 Å². The lowest BCUT2D eigenvalue weighted by molar-refractivity contribution is -0.384. The number of aryl methyl sites for hydroxylation is 1. The number of hydrogen-bond donors (Lipinski definition) is 1. The maximum absolute atomic E-state index is 12.6. The number of rotatable bonds is 4. The summed E-state index contributed by atoms with van der Waals surface area (Å²) in [6.45, 7) is 1.92. The van der Waals surface area contributed by atoms with Gasteiger partial charge in [-0.1, -0.05) is 24.3 Å². The molecule has 1 fully saturated rings. The van der Waals surface area contributed by atoms with E-state index >= 15 is 0 Å². The van der Waals surface area contributed by atoms with Gasteiger partial charge in [-0.3, -0.25) is 19.7 Å². The third-order valence-electron chi connectivity index (χ3n) is 4.33. The van der Waals surface area contributed by atoms with Gasteiger partial charge in [-0.15, -0.1) is 0 Å². The van der Waals surface area contributed by atoms with Gasteiger partial charge in [-0.05, 0) is 40.5 Å². The van der Waals surface area contributed by atoms with Crippen LogP contribution < -0.4 is 10.2 Å². The molecule has 1 saturated heterocycles. The summed E-state index contributed by atoms with van der Waals surface area (Å²) in [5, 5.41) is 13.8. The molecule has 1 atom stereocenters. The van der Waals surface area contributed by atoms with Crippen molar-refractivity contribution in [3.8, 4) is 0 Å². The third kappa shape index (κ3) is 3.45. The fourth-order valence-electron chi connectivity index (χ4n) is 2.98. The van der Waals surface area contributed by atoms with Gasteiger partial charge in [-0.25, -0.2) is 0 Å². The van der Waals surface area contributed by atoms with Crippen molar-refractivity contribution in [2.75, 3.05) is 16.8 Å². The van der Waals surface area contributed by atoms with E-state index in [4.69, 9.17) is 0 Å². The molecule has 3 rings (SSSR count). The number of carbonyl (C=O) groups excluding carboxylic acids is 2. The Labute approximate surface area is 158 Å². The van der Waals surface area contributed by atoms with Crippen molar-refractivity contribution in [3.05, 3.63) is 62.6 Å². The van der Waals surface area contributed by atoms with Crippen LogP contribution in [0, 0.1) is 23.0 Å². The third-order valence-corrected chi connectivity index (χ3v) is 5.01. The molecule has 26 heavy (non-hydrogen) atoms. The highest BCUT2D eigenvalue weighted by Gasteiger charge is 2.36. The highest BCUT2D eigenvalue weighted by Crippen LogP contribution is 2.33. The van der Waals surface area contributed by atoms with Crippen molar-refractivity contribution in [1.29, 1.82) is 0 Å². The number of para-hydroxylation sites is 2. The Kier molecular flexibility index (Phi) is 5.03. The molecular formula is C18H16BrN3O4. The molecule has 0 saturated carbocycles. The average molecular weight is 418 g/mol. The first-order chi connectivity index (χ1) is 12.4. The molecule has 1 aliphatic heterocycles. The normalized spacial score (nSPS) is 16.6. The minimum absolute atomic E-state index is 0.0623. The van der Waals surface area contributed by atoms with E-state index in [9.17, 15) is 19.7 Å². The number of nitro benzene ring substituents is 1. The number of amides is 2. The van der Waals surface area contributed by atoms with Crippen LogP contribution in [0.3, 0.4) is 0 Å². The van der Waals surface area contributed by atoms with E-state index in [1.165, 1.54) is 6.07 Å². The van der Waals surface area contributed by atoms with Crippen molar-refractivity contribution in [1.82, 2.24) is 0 Å². The maximum atomic E-state index is 12.6. The van der Waals surface area contributed by atoms with Crippen LogP contribution in [-0.2, 0) is 9.59 Å². The highest BCUT2D eigenvalue weighted by molar-refractivity contribution is 9.10. The van der Waals surface area contributed by atoms with Crippen LogP contribution in [0.5, 0.6) is 0 Å². The van der Waals surface area contributed by atoms with E-state index in [0.29, 0.717) is 11.3 Å². The molecule has 0 aromatic heterocycles. The van der Waals surface area contributed by atoms with Gasteiger partial charge in [-0.2, -0.15) is 0 Å². The Morgan fingerprint density at radius 3 is 2.69 bits per heavy atom. The standard InChI is InChI=1S/C18H16BrN3O4/c1-11-5-4-8-15(22(25)26)17(11)20-18(24)12-9-16(23)21(10-12)14-7-3-2-6-13(14)19/h2-8,12H,9-10H2,1H3,(H,20,24). The summed E-state index contributed by atoms with van der Waals surface area (Å²) in [5.74, 6) is -1.13. The average Bonchev–Trinajstić information content (AvgIpc) is 2.98. The van der Waals surface area contributed by atoms with Crippen molar-refractivity contribution >= 4 is 44.8 Å². The zero-order valence-corrected chi connectivity index (χ0v) is 15.5. The summed E-state index contributed by atoms with van der Waals surface area (Å²) in [6.07, 6.45) is 0.0623. The second kappa shape index (κ2) is 7.25. The highest BCUT2D eigenvalue weighted by atomic mass is 79.9. The SMILES string of the molecule is Cc1cccc([N+](=O)[O-])c1NC(=O)C1CC(=O)N(c2ccccc2Br)C1. The van der Waals surface area contributed by atoms with E-state index in [1.54, 1.807) is 30.0 Å². The number of nitro groups is 1. The smallest absolute Gasteiger partial charge is 0.293 e. The van der Waals surface area contributed by atoms with E-state index in [-0.39, 0.29) is 30.2 Å². The van der Waals surface area contributed by atoms with Crippen LogP contribution in [0.15, 0.2) is 46.9 Å². The lowest BCUT2D eigenvalue weighted by Gasteiger charge is -2.18. The summed E-state index contributed by atoms with van der Waals surface area (Å²) in [6, 6.07) is 11.9. The van der Waals surface area contributed by atoms with Gasteiger partial charge in [0, 0.05) is 23.5 Å². The fraction of sp³-hybridized carbons (Fsp3) is 0.222. The number of halogens is 1. The number of hydrogen-bond acceptors (Lipinski definition) is 4. The van der Waals surface area contributed by atoms with Gasteiger partial charge in [0.1, 0.15) is 5.69 Å². The quantitative estimate of drug-likeness (QED) is 0.606. The van der Waals surface area contributed by atoms with Crippen molar-refractivity contribution in [3.63, 3.8) is 0 Å². The first-order valence-electron chi connectivity index (χ1n) is 7.98. The number of benzene rings is 2. The van der Waals surface area contributed by atoms with Gasteiger partial charge in [0.25, 0.3) is 5.69 Å². The van der Waals surface area contributed by atoms with E-state index < -0.39 is 16.7 Å². The fourth-order valence-corrected chi connectivity index (χ4v) is 3.48. The lowest BCUT2D eigenvalue weighted by Crippen LogP contribution is -2.28. The number of anilines is 2. The number of carbonyl (C=O) groups is 2. The minimum Gasteiger partial charge on any atom is -0.320 e. The number of nitrogens with one attached hydrogen (secondary N) is 1.